The molecule has 1 aromatic heterocycles. The maximum atomic E-state index is 14.1. The number of methoxy groups -OCH3 is 1. The summed E-state index contributed by atoms with van der Waals surface area (Å²) < 4.78 is 22.3. The van der Waals surface area contributed by atoms with E-state index in [-0.39, 0.29) is 5.82 Å². The number of halogens is 2. The molecule has 2 aromatic carbocycles. The fourth-order valence-corrected chi connectivity index (χ4v) is 2.78. The van der Waals surface area contributed by atoms with Crippen LogP contribution in [0, 0.1) is 10.6 Å². The van der Waals surface area contributed by atoms with Crippen molar-refractivity contribution in [2.45, 2.75) is 0 Å². The number of aromatic nitrogens is 2. The second kappa shape index (κ2) is 5.03. The van der Waals surface area contributed by atoms with E-state index in [1.165, 1.54) is 6.07 Å². The van der Waals surface area contributed by atoms with E-state index in [9.17, 15) is 4.39 Å². The van der Waals surface area contributed by atoms with E-state index in [4.69, 9.17) is 17.0 Å². The van der Waals surface area contributed by atoms with Gasteiger partial charge in [0.25, 0.3) is 0 Å². The molecule has 1 N–H and O–H groups in total. The average Bonchev–Trinajstić information content (AvgIpc) is 2.74. The highest BCUT2D eigenvalue weighted by Crippen LogP contribution is 2.26. The molecule has 0 amide bonds. The third-order valence-electron chi connectivity index (χ3n) is 3.04. The van der Waals surface area contributed by atoms with E-state index < -0.39 is 0 Å². The number of imidazole rings is 1. The monoisotopic (exact) mass is 352 g/mol. The zero-order valence-corrected chi connectivity index (χ0v) is 12.9. The van der Waals surface area contributed by atoms with E-state index in [0.717, 1.165) is 15.5 Å². The highest BCUT2D eigenvalue weighted by molar-refractivity contribution is 9.10. The fraction of sp³-hybridized carbons (Fsp3) is 0.0714. The predicted molar refractivity (Wildman–Crippen MR) is 82.7 cm³/mol. The van der Waals surface area contributed by atoms with E-state index in [2.05, 4.69) is 20.9 Å². The van der Waals surface area contributed by atoms with Gasteiger partial charge in [0.2, 0.25) is 0 Å². The summed E-state index contributed by atoms with van der Waals surface area (Å²) in [7, 11) is 1.54. The zero-order chi connectivity index (χ0) is 14.3. The zero-order valence-electron chi connectivity index (χ0n) is 10.5. The molecular weight excluding hydrogens is 343 g/mol. The summed E-state index contributed by atoms with van der Waals surface area (Å²) in [6, 6.07) is 10.2. The van der Waals surface area contributed by atoms with Crippen LogP contribution in [0.25, 0.3) is 16.7 Å². The Morgan fingerprint density at radius 2 is 2.05 bits per heavy atom. The molecule has 0 aliphatic rings. The lowest BCUT2D eigenvalue weighted by Crippen LogP contribution is -1.98. The Balaban J connectivity index is 2.34. The second-order valence-electron chi connectivity index (χ2n) is 4.24. The molecule has 0 bridgehead atoms. The van der Waals surface area contributed by atoms with Crippen molar-refractivity contribution < 1.29 is 9.13 Å². The standard InChI is InChI=1S/C14H10BrFN2OS/c1-19-9-3-4-10(16)13(7-9)18-12-5-2-8(15)6-11(12)17-14(18)20/h2-7H,1H3,(H,17,20). The van der Waals surface area contributed by atoms with Crippen molar-refractivity contribution in [1.82, 2.24) is 9.55 Å². The van der Waals surface area contributed by atoms with Crippen molar-refractivity contribution in [3.05, 3.63) is 51.5 Å². The summed E-state index contributed by atoms with van der Waals surface area (Å²) in [5.74, 6) is 0.223. The molecule has 0 atom stereocenters. The van der Waals surface area contributed by atoms with Crippen LogP contribution in [0.5, 0.6) is 5.75 Å². The molecule has 3 nitrogen and oxygen atoms in total. The molecule has 0 fully saturated rings. The summed E-state index contributed by atoms with van der Waals surface area (Å²) in [6.07, 6.45) is 0. The van der Waals surface area contributed by atoms with Gasteiger partial charge in [0, 0.05) is 10.5 Å². The topological polar surface area (TPSA) is 29.9 Å². The van der Waals surface area contributed by atoms with Crippen LogP contribution in [-0.2, 0) is 0 Å². The van der Waals surface area contributed by atoms with Crippen LogP contribution in [0.15, 0.2) is 40.9 Å². The van der Waals surface area contributed by atoms with Gasteiger partial charge >= 0.3 is 0 Å². The van der Waals surface area contributed by atoms with Crippen molar-refractivity contribution >= 4 is 39.2 Å². The number of benzene rings is 2. The summed E-state index contributed by atoms with van der Waals surface area (Å²) in [6.45, 7) is 0. The first kappa shape index (κ1) is 13.3. The summed E-state index contributed by atoms with van der Waals surface area (Å²) >= 11 is 8.70. The van der Waals surface area contributed by atoms with Crippen LogP contribution >= 0.6 is 28.1 Å². The van der Waals surface area contributed by atoms with Gasteiger partial charge in [0.1, 0.15) is 11.6 Å². The van der Waals surface area contributed by atoms with Gasteiger partial charge in [-0.15, -0.1) is 0 Å². The van der Waals surface area contributed by atoms with Gasteiger partial charge in [-0.1, -0.05) is 15.9 Å². The largest absolute Gasteiger partial charge is 0.497 e. The highest BCUT2D eigenvalue weighted by Gasteiger charge is 2.12. The van der Waals surface area contributed by atoms with Crippen LogP contribution in [-0.4, -0.2) is 16.7 Å². The maximum absolute atomic E-state index is 14.1. The number of nitrogens with one attached hydrogen (secondary N) is 1. The van der Waals surface area contributed by atoms with Crippen molar-refractivity contribution in [3.8, 4) is 11.4 Å². The van der Waals surface area contributed by atoms with E-state index in [0.29, 0.717) is 16.2 Å². The lowest BCUT2D eigenvalue weighted by Gasteiger charge is -2.08. The normalized spacial score (nSPS) is 10.9. The van der Waals surface area contributed by atoms with Crippen molar-refractivity contribution in [2.24, 2.45) is 0 Å². The summed E-state index contributed by atoms with van der Waals surface area (Å²) in [5.41, 5.74) is 2.01. The van der Waals surface area contributed by atoms with Crippen molar-refractivity contribution in [1.29, 1.82) is 0 Å². The van der Waals surface area contributed by atoms with Crippen LogP contribution in [0.2, 0.25) is 0 Å². The van der Waals surface area contributed by atoms with E-state index in [1.807, 2.05) is 18.2 Å². The molecule has 0 aliphatic carbocycles. The fourth-order valence-electron chi connectivity index (χ4n) is 2.11. The average molecular weight is 353 g/mol. The molecule has 3 aromatic rings. The van der Waals surface area contributed by atoms with E-state index in [1.54, 1.807) is 23.8 Å². The molecule has 0 aliphatic heterocycles. The minimum atomic E-state index is -0.356. The van der Waals surface area contributed by atoms with Gasteiger partial charge in [-0.3, -0.25) is 4.57 Å². The molecule has 0 saturated heterocycles. The quantitative estimate of drug-likeness (QED) is 0.683. The first-order valence-corrected chi connectivity index (χ1v) is 7.04. The Kier molecular flexibility index (Phi) is 3.35. The number of hydrogen-bond acceptors (Lipinski definition) is 2. The van der Waals surface area contributed by atoms with Crippen molar-refractivity contribution in [3.63, 3.8) is 0 Å². The molecule has 1 heterocycles. The minimum Gasteiger partial charge on any atom is -0.497 e. The first-order chi connectivity index (χ1) is 9.60. The van der Waals surface area contributed by atoms with Gasteiger partial charge in [0.15, 0.2) is 4.77 Å². The number of H-pyrrole nitrogens is 1. The molecule has 0 radical (unpaired) electrons. The Morgan fingerprint density at radius 1 is 1.25 bits per heavy atom. The van der Waals surface area contributed by atoms with Crippen LogP contribution in [0.4, 0.5) is 4.39 Å². The number of rotatable bonds is 2. The van der Waals surface area contributed by atoms with Crippen molar-refractivity contribution in [2.75, 3.05) is 7.11 Å². The molecule has 0 saturated carbocycles. The smallest absolute Gasteiger partial charge is 0.182 e. The lowest BCUT2D eigenvalue weighted by molar-refractivity contribution is 0.413. The SMILES string of the molecule is COc1ccc(F)c(-n2c(=S)[nH]c3cc(Br)ccc32)c1. The van der Waals surface area contributed by atoms with Gasteiger partial charge in [-0.05, 0) is 42.5 Å². The Bertz CT molecular complexity index is 856. The maximum Gasteiger partial charge on any atom is 0.182 e. The molecule has 0 spiro atoms. The second-order valence-corrected chi connectivity index (χ2v) is 5.55. The first-order valence-electron chi connectivity index (χ1n) is 5.84. The number of fused-ring (bicyclic) bond motifs is 1. The third-order valence-corrected chi connectivity index (χ3v) is 3.82. The van der Waals surface area contributed by atoms with Gasteiger partial charge < -0.3 is 9.72 Å². The molecular formula is C14H10BrFN2OS. The Morgan fingerprint density at radius 3 is 2.80 bits per heavy atom. The molecule has 6 heteroatoms. The predicted octanol–water partition coefficient (Wildman–Crippen LogP) is 4.60. The lowest BCUT2D eigenvalue weighted by atomic mass is 10.2. The van der Waals surface area contributed by atoms with Gasteiger partial charge in [0.05, 0.1) is 23.8 Å². The molecule has 102 valence electrons. The number of nitrogens with zero attached hydrogens (tertiary/aromatic N) is 1. The van der Waals surface area contributed by atoms with Crippen LogP contribution in [0.3, 0.4) is 0 Å². The molecule has 0 unspecified atom stereocenters. The van der Waals surface area contributed by atoms with E-state index >= 15 is 0 Å². The molecule has 20 heavy (non-hydrogen) atoms. The molecule has 3 rings (SSSR count). The van der Waals surface area contributed by atoms with Gasteiger partial charge in [-0.2, -0.15) is 0 Å². The Labute approximate surface area is 128 Å². The van der Waals surface area contributed by atoms with Crippen LogP contribution < -0.4 is 4.74 Å². The number of aromatic amines is 1. The number of ether oxygens (including phenoxy) is 1. The number of hydrogen-bond donors (Lipinski definition) is 1. The Hall–Kier alpha value is -1.66. The highest BCUT2D eigenvalue weighted by atomic mass is 79.9. The van der Waals surface area contributed by atoms with Gasteiger partial charge in [-0.25, -0.2) is 4.39 Å². The minimum absolute atomic E-state index is 0.356. The summed E-state index contributed by atoms with van der Waals surface area (Å²) in [4.78, 5) is 3.07. The third kappa shape index (κ3) is 2.14. The van der Waals surface area contributed by atoms with Crippen LogP contribution in [0.1, 0.15) is 0 Å². The summed E-state index contributed by atoms with van der Waals surface area (Å²) in [5, 5.41) is 0.